The smallest absolute Gasteiger partial charge is 0.326 e. The molecule has 1 rings (SSSR count). The highest BCUT2D eigenvalue weighted by Crippen LogP contribution is 2.12. The number of esters is 1. The molecule has 0 aliphatic carbocycles. The quantitative estimate of drug-likeness (QED) is 0.823. The molecule has 0 aromatic heterocycles. The molecule has 4 heteroatoms. The Morgan fingerprint density at radius 3 is 2.44 bits per heavy atom. The first-order chi connectivity index (χ1) is 7.45. The van der Waals surface area contributed by atoms with Crippen molar-refractivity contribution < 1.29 is 9.53 Å². The van der Waals surface area contributed by atoms with E-state index < -0.39 is 5.54 Å². The van der Waals surface area contributed by atoms with E-state index in [4.69, 9.17) is 16.3 Å². The summed E-state index contributed by atoms with van der Waals surface area (Å²) < 4.78 is 5.18. The van der Waals surface area contributed by atoms with Gasteiger partial charge in [-0.2, -0.15) is 0 Å². The number of hydrogen-bond donors (Lipinski definition) is 1. The van der Waals surface area contributed by atoms with Crippen LogP contribution in [0.1, 0.15) is 19.4 Å². The van der Waals surface area contributed by atoms with Crippen LogP contribution < -0.4 is 5.32 Å². The molecule has 0 unspecified atom stereocenters. The van der Waals surface area contributed by atoms with Crippen molar-refractivity contribution in [2.45, 2.75) is 26.0 Å². The molecule has 0 saturated carbocycles. The van der Waals surface area contributed by atoms with Gasteiger partial charge in [-0.25, -0.2) is 0 Å². The normalized spacial score (nSPS) is 11.2. The highest BCUT2D eigenvalue weighted by molar-refractivity contribution is 6.30. The summed E-state index contributed by atoms with van der Waals surface area (Å²) in [6.45, 7) is 3.81. The Morgan fingerprint density at radius 2 is 1.94 bits per heavy atom. The van der Waals surface area contributed by atoms with Gasteiger partial charge in [0.1, 0.15) is 12.1 Å². The number of rotatable bonds is 4. The molecule has 0 radical (unpaired) electrons. The van der Waals surface area contributed by atoms with Crippen LogP contribution in [0.25, 0.3) is 0 Å². The van der Waals surface area contributed by atoms with Crippen LogP contribution in [0.3, 0.4) is 0 Å². The molecule has 88 valence electrons. The number of ether oxygens (including phenoxy) is 1. The first-order valence-electron chi connectivity index (χ1n) is 5.06. The van der Waals surface area contributed by atoms with Gasteiger partial charge in [-0.15, -0.1) is 0 Å². The van der Waals surface area contributed by atoms with Crippen molar-refractivity contribution in [3.05, 3.63) is 34.9 Å². The van der Waals surface area contributed by atoms with Crippen LogP contribution in [-0.4, -0.2) is 18.6 Å². The van der Waals surface area contributed by atoms with E-state index in [0.29, 0.717) is 5.02 Å². The van der Waals surface area contributed by atoms with Gasteiger partial charge >= 0.3 is 5.97 Å². The molecule has 3 nitrogen and oxygen atoms in total. The second-order valence-electron chi connectivity index (χ2n) is 4.08. The fourth-order valence-electron chi connectivity index (χ4n) is 1.01. The number of carbonyl (C=O) groups is 1. The summed E-state index contributed by atoms with van der Waals surface area (Å²) in [5.74, 6) is -0.273. The highest BCUT2D eigenvalue weighted by atomic mass is 35.5. The maximum atomic E-state index is 11.6. The number of likely N-dealkylation sites (N-methyl/N-ethyl adjacent to an activating group) is 1. The van der Waals surface area contributed by atoms with Crippen molar-refractivity contribution in [1.29, 1.82) is 0 Å². The van der Waals surface area contributed by atoms with Gasteiger partial charge in [-0.05, 0) is 38.6 Å². The molecule has 1 N–H and O–H groups in total. The van der Waals surface area contributed by atoms with Crippen LogP contribution in [-0.2, 0) is 16.1 Å². The predicted octanol–water partition coefficient (Wildman–Crippen LogP) is 2.38. The standard InChI is InChI=1S/C12H16ClNO2/c1-12(2,14-3)11(15)16-8-9-4-6-10(13)7-5-9/h4-7,14H,8H2,1-3H3. The topological polar surface area (TPSA) is 38.3 Å². The number of nitrogens with one attached hydrogen (secondary N) is 1. The minimum absolute atomic E-state index is 0.265. The predicted molar refractivity (Wildman–Crippen MR) is 64.4 cm³/mol. The van der Waals surface area contributed by atoms with Gasteiger partial charge in [-0.3, -0.25) is 4.79 Å². The Hall–Kier alpha value is -1.06. The Balaban J connectivity index is 2.52. The second-order valence-corrected chi connectivity index (χ2v) is 4.51. The van der Waals surface area contributed by atoms with E-state index in [2.05, 4.69) is 5.32 Å². The molecule has 0 aliphatic heterocycles. The molecule has 0 heterocycles. The van der Waals surface area contributed by atoms with E-state index in [0.717, 1.165) is 5.56 Å². The molecular formula is C12H16ClNO2. The van der Waals surface area contributed by atoms with Crippen molar-refractivity contribution in [2.24, 2.45) is 0 Å². The molecule has 0 spiro atoms. The fourth-order valence-corrected chi connectivity index (χ4v) is 1.14. The fraction of sp³-hybridized carbons (Fsp3) is 0.417. The lowest BCUT2D eigenvalue weighted by molar-refractivity contribution is -0.151. The average Bonchev–Trinajstić information content (AvgIpc) is 2.28. The molecule has 0 saturated heterocycles. The van der Waals surface area contributed by atoms with E-state index in [-0.39, 0.29) is 12.6 Å². The number of benzene rings is 1. The maximum absolute atomic E-state index is 11.6. The number of hydrogen-bond acceptors (Lipinski definition) is 3. The minimum Gasteiger partial charge on any atom is -0.459 e. The number of carbonyl (C=O) groups excluding carboxylic acids is 1. The van der Waals surface area contributed by atoms with Crippen LogP contribution >= 0.6 is 11.6 Å². The van der Waals surface area contributed by atoms with Crippen LogP contribution in [0.15, 0.2) is 24.3 Å². The van der Waals surface area contributed by atoms with Gasteiger partial charge in [0.2, 0.25) is 0 Å². The van der Waals surface area contributed by atoms with Crippen molar-refractivity contribution >= 4 is 17.6 Å². The van der Waals surface area contributed by atoms with E-state index in [1.54, 1.807) is 33.0 Å². The summed E-state index contributed by atoms with van der Waals surface area (Å²) in [4.78, 5) is 11.6. The van der Waals surface area contributed by atoms with Gasteiger partial charge < -0.3 is 10.1 Å². The largest absolute Gasteiger partial charge is 0.459 e. The highest BCUT2D eigenvalue weighted by Gasteiger charge is 2.26. The minimum atomic E-state index is -0.660. The van der Waals surface area contributed by atoms with Gasteiger partial charge in [0.05, 0.1) is 0 Å². The summed E-state index contributed by atoms with van der Waals surface area (Å²) in [6.07, 6.45) is 0. The lowest BCUT2D eigenvalue weighted by Gasteiger charge is -2.21. The Bertz CT molecular complexity index is 360. The van der Waals surface area contributed by atoms with Crippen LogP contribution in [0.5, 0.6) is 0 Å². The van der Waals surface area contributed by atoms with Crippen molar-refractivity contribution in [3.63, 3.8) is 0 Å². The van der Waals surface area contributed by atoms with E-state index in [1.165, 1.54) is 0 Å². The van der Waals surface area contributed by atoms with Gasteiger partial charge in [0.15, 0.2) is 0 Å². The molecule has 0 fully saturated rings. The SMILES string of the molecule is CNC(C)(C)C(=O)OCc1ccc(Cl)cc1. The maximum Gasteiger partial charge on any atom is 0.326 e. The third kappa shape index (κ3) is 3.51. The summed E-state index contributed by atoms with van der Waals surface area (Å²) in [6, 6.07) is 7.21. The zero-order valence-corrected chi connectivity index (χ0v) is 10.5. The summed E-state index contributed by atoms with van der Waals surface area (Å²) in [7, 11) is 1.73. The zero-order valence-electron chi connectivity index (χ0n) is 9.71. The molecular weight excluding hydrogens is 226 g/mol. The third-order valence-electron chi connectivity index (χ3n) is 2.42. The molecule has 1 aromatic rings. The van der Waals surface area contributed by atoms with E-state index >= 15 is 0 Å². The molecule has 0 aliphatic rings. The monoisotopic (exact) mass is 241 g/mol. The van der Waals surface area contributed by atoms with Crippen LogP contribution in [0, 0.1) is 0 Å². The van der Waals surface area contributed by atoms with E-state index in [1.807, 2.05) is 12.1 Å². The lowest BCUT2D eigenvalue weighted by atomic mass is 10.1. The molecule has 0 atom stereocenters. The van der Waals surface area contributed by atoms with Gasteiger partial charge in [-0.1, -0.05) is 23.7 Å². The van der Waals surface area contributed by atoms with Crippen molar-refractivity contribution in [3.8, 4) is 0 Å². The Kier molecular flexibility index (Phi) is 4.33. The first-order valence-corrected chi connectivity index (χ1v) is 5.44. The lowest BCUT2D eigenvalue weighted by Crippen LogP contribution is -2.45. The average molecular weight is 242 g/mol. The van der Waals surface area contributed by atoms with Gasteiger partial charge in [0.25, 0.3) is 0 Å². The van der Waals surface area contributed by atoms with Gasteiger partial charge in [0, 0.05) is 5.02 Å². The number of halogens is 1. The zero-order chi connectivity index (χ0) is 12.2. The summed E-state index contributed by atoms with van der Waals surface area (Å²) in [5, 5.41) is 3.56. The Morgan fingerprint density at radius 1 is 1.38 bits per heavy atom. The van der Waals surface area contributed by atoms with E-state index in [9.17, 15) is 4.79 Å². The summed E-state index contributed by atoms with van der Waals surface area (Å²) in [5.41, 5.74) is 0.261. The van der Waals surface area contributed by atoms with Crippen molar-refractivity contribution in [2.75, 3.05) is 7.05 Å². The second kappa shape index (κ2) is 5.32. The third-order valence-corrected chi connectivity index (χ3v) is 2.67. The Labute approximate surface area is 101 Å². The molecule has 0 amide bonds. The first kappa shape index (κ1) is 13.0. The molecule has 16 heavy (non-hydrogen) atoms. The van der Waals surface area contributed by atoms with Crippen LogP contribution in [0.2, 0.25) is 5.02 Å². The van der Waals surface area contributed by atoms with Crippen molar-refractivity contribution in [1.82, 2.24) is 5.32 Å². The van der Waals surface area contributed by atoms with Crippen LogP contribution in [0.4, 0.5) is 0 Å². The summed E-state index contributed by atoms with van der Waals surface area (Å²) >= 11 is 5.75. The molecule has 1 aromatic carbocycles. The molecule has 0 bridgehead atoms.